The van der Waals surface area contributed by atoms with Crippen molar-refractivity contribution in [1.29, 1.82) is 0 Å². The topological polar surface area (TPSA) is 161 Å². The van der Waals surface area contributed by atoms with Crippen molar-refractivity contribution in [3.63, 3.8) is 0 Å². The number of ketones is 2. The van der Waals surface area contributed by atoms with Gasteiger partial charge in [0, 0.05) is 43.1 Å². The van der Waals surface area contributed by atoms with Gasteiger partial charge in [-0.05, 0) is 30.7 Å². The van der Waals surface area contributed by atoms with Gasteiger partial charge in [-0.25, -0.2) is 0 Å². The van der Waals surface area contributed by atoms with Gasteiger partial charge in [-0.15, -0.1) is 0 Å². The average Bonchev–Trinajstić information content (AvgIpc) is 2.78. The minimum absolute atomic E-state index is 0.121. The summed E-state index contributed by atoms with van der Waals surface area (Å²) in [4.78, 5) is 39.7. The lowest BCUT2D eigenvalue weighted by Crippen LogP contribution is -2.58. The van der Waals surface area contributed by atoms with Crippen LogP contribution in [0.3, 0.4) is 0 Å². The Balaban J connectivity index is 1.59. The van der Waals surface area contributed by atoms with E-state index in [1.807, 2.05) is 12.1 Å². The van der Waals surface area contributed by atoms with E-state index in [9.17, 15) is 34.8 Å². The number of aliphatic hydroxyl groups is 3. The van der Waals surface area contributed by atoms with Crippen molar-refractivity contribution < 1.29 is 34.8 Å². The van der Waals surface area contributed by atoms with Crippen LogP contribution in [0.1, 0.15) is 36.0 Å². The first-order valence-corrected chi connectivity index (χ1v) is 11.3. The Bertz CT molecular complexity index is 1230. The van der Waals surface area contributed by atoms with Crippen molar-refractivity contribution >= 4 is 23.2 Å². The molecule has 1 aliphatic heterocycles. The van der Waals surface area contributed by atoms with E-state index in [4.69, 9.17) is 5.73 Å². The maximum atomic E-state index is 13.5. The molecule has 9 heteroatoms. The monoisotopic (exact) mass is 466 g/mol. The zero-order valence-electron chi connectivity index (χ0n) is 18.5. The molecule has 1 fully saturated rings. The number of phenolic OH excluding ortho intramolecular Hbond substituents is 1. The molecule has 34 heavy (non-hydrogen) atoms. The summed E-state index contributed by atoms with van der Waals surface area (Å²) in [5.41, 5.74) is 3.15. The summed E-state index contributed by atoms with van der Waals surface area (Å²) in [5.74, 6) is -6.06. The normalized spacial score (nSPS) is 29.1. The number of nitrogens with two attached hydrogens (primary N) is 1. The van der Waals surface area contributed by atoms with E-state index in [0.717, 1.165) is 19.5 Å². The summed E-state index contributed by atoms with van der Waals surface area (Å²) in [6, 6.07) is 3.63. The molecule has 3 aliphatic carbocycles. The zero-order valence-corrected chi connectivity index (χ0v) is 18.5. The van der Waals surface area contributed by atoms with Crippen LogP contribution in [0.5, 0.6) is 5.75 Å². The molecule has 3 unspecified atom stereocenters. The van der Waals surface area contributed by atoms with E-state index in [1.165, 1.54) is 0 Å². The fraction of sp³-hybridized carbons (Fsp3) is 0.400. The maximum Gasteiger partial charge on any atom is 0.255 e. The van der Waals surface area contributed by atoms with Gasteiger partial charge in [0.1, 0.15) is 22.8 Å². The Labute approximate surface area is 195 Å². The first-order chi connectivity index (χ1) is 16.1. The SMILES string of the molecule is NC(=O)C1=C(O)C2(O)C(=O)C3=C(O)c4c(ccc(CN5CC=CCC5)c4O)CC3CC2CC1=O. The van der Waals surface area contributed by atoms with Crippen LogP contribution in [0.2, 0.25) is 0 Å². The second-order valence-electron chi connectivity index (χ2n) is 9.51. The molecule has 3 atom stereocenters. The van der Waals surface area contributed by atoms with Crippen molar-refractivity contribution in [2.75, 3.05) is 13.1 Å². The van der Waals surface area contributed by atoms with Crippen molar-refractivity contribution in [1.82, 2.24) is 4.90 Å². The van der Waals surface area contributed by atoms with Crippen molar-refractivity contribution in [2.45, 2.75) is 37.8 Å². The second kappa shape index (κ2) is 7.82. The number of carbonyl (C=O) groups excluding carboxylic acids is 3. The van der Waals surface area contributed by atoms with E-state index in [-0.39, 0.29) is 29.7 Å². The lowest BCUT2D eigenvalue weighted by molar-refractivity contribution is -0.147. The van der Waals surface area contributed by atoms with Crippen LogP contribution in [0, 0.1) is 11.8 Å². The molecule has 0 saturated heterocycles. The number of primary amides is 1. The minimum Gasteiger partial charge on any atom is -0.508 e. The molecule has 1 aromatic rings. The highest BCUT2D eigenvalue weighted by Gasteiger charge is 2.60. The molecule has 9 nitrogen and oxygen atoms in total. The molecular weight excluding hydrogens is 440 g/mol. The van der Waals surface area contributed by atoms with Gasteiger partial charge in [0.05, 0.1) is 5.56 Å². The maximum absolute atomic E-state index is 13.5. The van der Waals surface area contributed by atoms with Gasteiger partial charge in [0.15, 0.2) is 11.4 Å². The summed E-state index contributed by atoms with van der Waals surface area (Å²) >= 11 is 0. The molecular formula is C25H26N2O7. The lowest BCUT2D eigenvalue weighted by atomic mass is 9.59. The predicted octanol–water partition coefficient (Wildman–Crippen LogP) is 1.19. The number of aliphatic hydroxyl groups excluding tert-OH is 2. The van der Waals surface area contributed by atoms with Crippen LogP contribution in [0.25, 0.3) is 5.76 Å². The minimum atomic E-state index is -2.54. The van der Waals surface area contributed by atoms with Gasteiger partial charge < -0.3 is 26.2 Å². The number of hydrogen-bond acceptors (Lipinski definition) is 8. The number of phenols is 1. The Morgan fingerprint density at radius 1 is 1.15 bits per heavy atom. The molecule has 0 bridgehead atoms. The Morgan fingerprint density at radius 2 is 1.91 bits per heavy atom. The summed E-state index contributed by atoms with van der Waals surface area (Å²) in [5, 5.41) is 44.1. The van der Waals surface area contributed by atoms with E-state index in [1.54, 1.807) is 0 Å². The Kier molecular flexibility index (Phi) is 5.14. The summed E-state index contributed by atoms with van der Waals surface area (Å²) in [6.07, 6.45) is 5.18. The van der Waals surface area contributed by atoms with Crippen LogP contribution in [0.4, 0.5) is 0 Å². The van der Waals surface area contributed by atoms with Crippen LogP contribution in [0.15, 0.2) is 41.2 Å². The third-order valence-corrected chi connectivity index (χ3v) is 7.56. The Hall–Kier alpha value is -3.43. The highest BCUT2D eigenvalue weighted by atomic mass is 16.3. The number of Topliss-reactive ketones (excluding diaryl/α,β-unsaturated/α-hetero) is 2. The van der Waals surface area contributed by atoms with Gasteiger partial charge in [-0.3, -0.25) is 19.3 Å². The number of amides is 1. The Morgan fingerprint density at radius 3 is 2.59 bits per heavy atom. The molecule has 1 saturated carbocycles. The van der Waals surface area contributed by atoms with Crippen LogP contribution in [-0.2, 0) is 27.3 Å². The summed E-state index contributed by atoms with van der Waals surface area (Å²) in [6.45, 7) is 2.04. The first-order valence-electron chi connectivity index (χ1n) is 11.3. The largest absolute Gasteiger partial charge is 0.508 e. The number of fused-ring (bicyclic) bond motifs is 3. The highest BCUT2D eigenvalue weighted by Crippen LogP contribution is 2.52. The van der Waals surface area contributed by atoms with Crippen molar-refractivity contribution in [2.24, 2.45) is 17.6 Å². The van der Waals surface area contributed by atoms with Gasteiger partial charge >= 0.3 is 0 Å². The van der Waals surface area contributed by atoms with Crippen LogP contribution in [-0.4, -0.2) is 61.5 Å². The molecule has 5 rings (SSSR count). The highest BCUT2D eigenvalue weighted by molar-refractivity contribution is 6.22. The molecule has 1 heterocycles. The van der Waals surface area contributed by atoms with Gasteiger partial charge in [0.25, 0.3) is 5.91 Å². The smallest absolute Gasteiger partial charge is 0.255 e. The molecule has 0 spiro atoms. The third kappa shape index (κ3) is 3.11. The van der Waals surface area contributed by atoms with Crippen LogP contribution < -0.4 is 5.73 Å². The molecule has 0 radical (unpaired) electrons. The van der Waals surface area contributed by atoms with E-state index < -0.39 is 52.0 Å². The fourth-order valence-corrected chi connectivity index (χ4v) is 5.84. The first kappa shape index (κ1) is 22.4. The number of rotatable bonds is 3. The lowest BCUT2D eigenvalue weighted by Gasteiger charge is -2.46. The zero-order chi connectivity index (χ0) is 24.4. The second-order valence-corrected chi connectivity index (χ2v) is 9.51. The predicted molar refractivity (Wildman–Crippen MR) is 120 cm³/mol. The quantitative estimate of drug-likeness (QED) is 0.328. The number of benzene rings is 1. The number of aromatic hydroxyl groups is 1. The molecule has 6 N–H and O–H groups in total. The van der Waals surface area contributed by atoms with Gasteiger partial charge in [-0.2, -0.15) is 0 Å². The fourth-order valence-electron chi connectivity index (χ4n) is 5.84. The third-order valence-electron chi connectivity index (χ3n) is 7.56. The van der Waals surface area contributed by atoms with Crippen LogP contribution >= 0.6 is 0 Å². The molecule has 1 amide bonds. The standard InChI is InChI=1S/C25H26N2O7/c26-24(33)19-16(28)10-15-9-14-8-12-4-5-13(11-27-6-2-1-3-7-27)20(29)17(12)21(30)18(14)22(31)25(15,34)23(19)32/h1-2,4-5,14-15,29-30,32,34H,3,6-11H2,(H2,26,33). The summed E-state index contributed by atoms with van der Waals surface area (Å²) < 4.78 is 0. The molecule has 1 aromatic carbocycles. The molecule has 178 valence electrons. The number of hydrogen-bond donors (Lipinski definition) is 5. The van der Waals surface area contributed by atoms with Crippen molar-refractivity contribution in [3.05, 3.63) is 57.9 Å². The van der Waals surface area contributed by atoms with E-state index in [0.29, 0.717) is 24.1 Å². The van der Waals surface area contributed by atoms with Gasteiger partial charge in [-0.1, -0.05) is 24.3 Å². The van der Waals surface area contributed by atoms with E-state index in [2.05, 4.69) is 17.1 Å². The summed E-state index contributed by atoms with van der Waals surface area (Å²) in [7, 11) is 0. The number of nitrogens with zero attached hydrogens (tertiary/aromatic N) is 1. The number of carbonyl (C=O) groups is 3. The molecule has 0 aromatic heterocycles. The van der Waals surface area contributed by atoms with Gasteiger partial charge in [0.2, 0.25) is 5.78 Å². The van der Waals surface area contributed by atoms with E-state index >= 15 is 0 Å². The molecule has 4 aliphatic rings. The average molecular weight is 466 g/mol. The van der Waals surface area contributed by atoms with Crippen molar-refractivity contribution in [3.8, 4) is 5.75 Å².